The van der Waals surface area contributed by atoms with E-state index in [-0.39, 0.29) is 18.7 Å². The number of amides is 2. The Bertz CT molecular complexity index is 1740. The van der Waals surface area contributed by atoms with Crippen LogP contribution in [-0.2, 0) is 12.7 Å². The van der Waals surface area contributed by atoms with E-state index >= 15 is 0 Å². The Hall–Kier alpha value is -4.69. The molecule has 2 aliphatic rings. The van der Waals surface area contributed by atoms with E-state index in [1.807, 2.05) is 55.5 Å². The SMILES string of the molecule is Cc1c(/C=C/c2cc(OCCN3C(=O)c4ccccc4C3=O)c(CN3CCCCC3)cc2C(F)(F)F)cccc1-c1ccccc1. The van der Waals surface area contributed by atoms with E-state index in [0.29, 0.717) is 29.0 Å². The van der Waals surface area contributed by atoms with E-state index in [9.17, 15) is 22.8 Å². The molecule has 46 heavy (non-hydrogen) atoms. The van der Waals surface area contributed by atoms with Crippen LogP contribution in [0.2, 0.25) is 0 Å². The zero-order chi connectivity index (χ0) is 32.3. The van der Waals surface area contributed by atoms with Crippen LogP contribution in [0.4, 0.5) is 13.2 Å². The van der Waals surface area contributed by atoms with Crippen molar-refractivity contribution in [1.29, 1.82) is 0 Å². The fourth-order valence-corrected chi connectivity index (χ4v) is 6.27. The van der Waals surface area contributed by atoms with Gasteiger partial charge in [0.15, 0.2) is 0 Å². The van der Waals surface area contributed by atoms with Gasteiger partial charge in [-0.25, -0.2) is 0 Å². The number of imide groups is 1. The first-order valence-electron chi connectivity index (χ1n) is 15.6. The van der Waals surface area contributed by atoms with Gasteiger partial charge in [0.05, 0.1) is 23.2 Å². The Morgan fingerprint density at radius 2 is 1.39 bits per heavy atom. The third-order valence-electron chi connectivity index (χ3n) is 8.73. The van der Waals surface area contributed by atoms with Gasteiger partial charge < -0.3 is 4.74 Å². The predicted molar refractivity (Wildman–Crippen MR) is 173 cm³/mol. The molecule has 0 saturated carbocycles. The monoisotopic (exact) mass is 624 g/mol. The molecule has 0 N–H and O–H groups in total. The lowest BCUT2D eigenvalue weighted by Gasteiger charge is -2.28. The summed E-state index contributed by atoms with van der Waals surface area (Å²) in [6, 6.07) is 24.9. The first-order chi connectivity index (χ1) is 22.2. The van der Waals surface area contributed by atoms with E-state index in [1.165, 1.54) is 18.2 Å². The highest BCUT2D eigenvalue weighted by atomic mass is 19.4. The van der Waals surface area contributed by atoms with Crippen LogP contribution in [0.15, 0.2) is 84.9 Å². The second-order valence-corrected chi connectivity index (χ2v) is 11.8. The molecule has 4 aromatic carbocycles. The third kappa shape index (κ3) is 6.63. The second kappa shape index (κ2) is 13.3. The van der Waals surface area contributed by atoms with E-state index in [4.69, 9.17) is 4.74 Å². The number of ether oxygens (including phenoxy) is 1. The average Bonchev–Trinajstić information content (AvgIpc) is 3.30. The number of carbonyl (C=O) groups excluding carboxylic acids is 2. The molecule has 0 aliphatic carbocycles. The third-order valence-corrected chi connectivity index (χ3v) is 8.73. The summed E-state index contributed by atoms with van der Waals surface area (Å²) in [7, 11) is 0. The highest BCUT2D eigenvalue weighted by Gasteiger charge is 2.36. The molecule has 0 spiro atoms. The van der Waals surface area contributed by atoms with Gasteiger partial charge in [0, 0.05) is 12.1 Å². The number of halogens is 3. The normalized spacial score (nSPS) is 15.5. The van der Waals surface area contributed by atoms with E-state index in [2.05, 4.69) is 4.90 Å². The molecule has 2 heterocycles. The Labute approximate surface area is 266 Å². The van der Waals surface area contributed by atoms with Crippen LogP contribution in [0.3, 0.4) is 0 Å². The minimum atomic E-state index is -4.59. The lowest BCUT2D eigenvalue weighted by Crippen LogP contribution is -2.34. The Balaban J connectivity index is 1.31. The zero-order valence-corrected chi connectivity index (χ0v) is 25.6. The summed E-state index contributed by atoms with van der Waals surface area (Å²) in [4.78, 5) is 29.0. The highest BCUT2D eigenvalue weighted by Crippen LogP contribution is 2.38. The maximum absolute atomic E-state index is 14.5. The van der Waals surface area contributed by atoms with Crippen LogP contribution in [0.1, 0.15) is 67.8 Å². The average molecular weight is 625 g/mol. The Kier molecular flexibility index (Phi) is 9.08. The number of fused-ring (bicyclic) bond motifs is 1. The maximum Gasteiger partial charge on any atom is 0.417 e. The summed E-state index contributed by atoms with van der Waals surface area (Å²) in [6.07, 6.45) is 1.69. The molecule has 0 unspecified atom stereocenters. The van der Waals surface area contributed by atoms with Gasteiger partial charge in [0.1, 0.15) is 12.4 Å². The van der Waals surface area contributed by atoms with Crippen molar-refractivity contribution in [3.05, 3.63) is 124 Å². The first-order valence-corrected chi connectivity index (χ1v) is 15.6. The van der Waals surface area contributed by atoms with Crippen molar-refractivity contribution >= 4 is 24.0 Å². The fourth-order valence-electron chi connectivity index (χ4n) is 6.27. The van der Waals surface area contributed by atoms with Crippen molar-refractivity contribution in [3.63, 3.8) is 0 Å². The van der Waals surface area contributed by atoms with Crippen molar-refractivity contribution in [1.82, 2.24) is 9.80 Å². The van der Waals surface area contributed by atoms with Gasteiger partial charge in [-0.15, -0.1) is 0 Å². The van der Waals surface area contributed by atoms with Gasteiger partial charge in [0.2, 0.25) is 0 Å². The highest BCUT2D eigenvalue weighted by molar-refractivity contribution is 6.21. The summed E-state index contributed by atoms with van der Waals surface area (Å²) >= 11 is 0. The number of hydrogen-bond acceptors (Lipinski definition) is 4. The maximum atomic E-state index is 14.5. The van der Waals surface area contributed by atoms with Crippen LogP contribution in [0, 0.1) is 6.92 Å². The van der Waals surface area contributed by atoms with Crippen molar-refractivity contribution in [2.75, 3.05) is 26.2 Å². The molecule has 0 atom stereocenters. The molecule has 6 rings (SSSR count). The summed E-state index contributed by atoms with van der Waals surface area (Å²) in [5, 5.41) is 0. The van der Waals surface area contributed by atoms with Crippen molar-refractivity contribution in [2.45, 2.75) is 38.9 Å². The van der Waals surface area contributed by atoms with Gasteiger partial charge in [-0.05, 0) is 84.9 Å². The minimum absolute atomic E-state index is 0.0184. The second-order valence-electron chi connectivity index (χ2n) is 11.8. The topological polar surface area (TPSA) is 49.9 Å². The van der Waals surface area contributed by atoms with Gasteiger partial charge in [-0.2, -0.15) is 13.2 Å². The Morgan fingerprint density at radius 3 is 2.07 bits per heavy atom. The number of benzene rings is 4. The number of likely N-dealkylation sites (tertiary alicyclic amines) is 1. The minimum Gasteiger partial charge on any atom is -0.491 e. The Morgan fingerprint density at radius 1 is 0.761 bits per heavy atom. The summed E-state index contributed by atoms with van der Waals surface area (Å²) in [6.45, 7) is 3.80. The molecular formula is C38H35F3N2O3. The smallest absolute Gasteiger partial charge is 0.417 e. The first kappa shape index (κ1) is 31.3. The molecule has 5 nitrogen and oxygen atoms in total. The summed E-state index contributed by atoms with van der Waals surface area (Å²) in [5.41, 5.74) is 4.15. The largest absolute Gasteiger partial charge is 0.491 e. The van der Waals surface area contributed by atoms with Crippen LogP contribution < -0.4 is 4.74 Å². The van der Waals surface area contributed by atoms with Crippen molar-refractivity contribution in [3.8, 4) is 16.9 Å². The zero-order valence-electron chi connectivity index (χ0n) is 25.6. The van der Waals surface area contributed by atoms with E-state index in [0.717, 1.165) is 59.5 Å². The molecule has 4 aromatic rings. The van der Waals surface area contributed by atoms with Gasteiger partial charge in [-0.1, -0.05) is 79.2 Å². The van der Waals surface area contributed by atoms with E-state index in [1.54, 1.807) is 30.3 Å². The van der Waals surface area contributed by atoms with Crippen LogP contribution >= 0.6 is 0 Å². The molecule has 1 saturated heterocycles. The lowest BCUT2D eigenvalue weighted by atomic mass is 9.95. The molecule has 2 aliphatic heterocycles. The van der Waals surface area contributed by atoms with Crippen molar-refractivity contribution in [2.24, 2.45) is 0 Å². The van der Waals surface area contributed by atoms with E-state index < -0.39 is 23.6 Å². The van der Waals surface area contributed by atoms with Gasteiger partial charge in [0.25, 0.3) is 11.8 Å². The molecule has 0 radical (unpaired) electrons. The predicted octanol–water partition coefficient (Wildman–Crippen LogP) is 8.51. The molecule has 8 heteroatoms. The quantitative estimate of drug-likeness (QED) is 0.138. The molecule has 236 valence electrons. The number of nitrogens with zero attached hydrogens (tertiary/aromatic N) is 2. The molecule has 0 aromatic heterocycles. The number of hydrogen-bond donors (Lipinski definition) is 0. The molecule has 0 bridgehead atoms. The van der Waals surface area contributed by atoms with Gasteiger partial charge in [-0.3, -0.25) is 19.4 Å². The number of carbonyl (C=O) groups is 2. The lowest BCUT2D eigenvalue weighted by molar-refractivity contribution is -0.137. The summed E-state index contributed by atoms with van der Waals surface area (Å²) in [5.74, 6) is -0.492. The van der Waals surface area contributed by atoms with Crippen LogP contribution in [0.25, 0.3) is 23.3 Å². The number of alkyl halides is 3. The van der Waals surface area contributed by atoms with Crippen LogP contribution in [-0.4, -0.2) is 47.9 Å². The molecular weight excluding hydrogens is 589 g/mol. The summed E-state index contributed by atoms with van der Waals surface area (Å²) < 4.78 is 49.7. The standard InChI is InChI=1S/C38H35F3N2O3/c1-26-27(13-10-16-31(26)28-11-4-2-5-12-28)17-18-29-24-35(30(23-34(29)38(39,40)41)25-42-19-8-3-9-20-42)46-22-21-43-36(44)32-14-6-7-15-33(32)37(43)45/h2,4-7,10-18,23-24H,3,8-9,19-22,25H2,1H3/b18-17+. The number of rotatable bonds is 9. The van der Waals surface area contributed by atoms with Crippen molar-refractivity contribution < 1.29 is 27.5 Å². The number of piperidine rings is 1. The van der Waals surface area contributed by atoms with Gasteiger partial charge >= 0.3 is 6.18 Å². The fraction of sp³-hybridized carbons (Fsp3) is 0.263. The molecule has 1 fully saturated rings. The molecule has 2 amide bonds. The van der Waals surface area contributed by atoms with Crippen LogP contribution in [0.5, 0.6) is 5.75 Å².